The van der Waals surface area contributed by atoms with Crippen LogP contribution in [0.3, 0.4) is 0 Å². The molecule has 0 aliphatic carbocycles. The molecular formula is C11H15BrClNO2S. The van der Waals surface area contributed by atoms with Gasteiger partial charge in [0, 0.05) is 15.4 Å². The van der Waals surface area contributed by atoms with Crippen molar-refractivity contribution in [2.24, 2.45) is 0 Å². The molecule has 0 aromatic heterocycles. The molecule has 0 aliphatic rings. The summed E-state index contributed by atoms with van der Waals surface area (Å²) in [5.74, 6) is 0. The zero-order valence-electron chi connectivity index (χ0n) is 9.87. The number of benzene rings is 1. The van der Waals surface area contributed by atoms with Gasteiger partial charge in [-0.3, -0.25) is 0 Å². The van der Waals surface area contributed by atoms with E-state index in [4.69, 9.17) is 11.6 Å². The molecule has 0 bridgehead atoms. The Hall–Kier alpha value is -0.100. The fraction of sp³-hybridized carbons (Fsp3) is 0.455. The largest absolute Gasteiger partial charge is 0.241 e. The van der Waals surface area contributed by atoms with Gasteiger partial charge in [-0.15, -0.1) is 0 Å². The smallest absolute Gasteiger partial charge is 0.207 e. The first-order valence-electron chi connectivity index (χ1n) is 5.09. The van der Waals surface area contributed by atoms with Crippen LogP contribution in [-0.2, 0) is 10.0 Å². The summed E-state index contributed by atoms with van der Waals surface area (Å²) in [6.45, 7) is 5.52. The average molecular weight is 341 g/mol. The van der Waals surface area contributed by atoms with Crippen LogP contribution in [0, 0.1) is 0 Å². The molecule has 17 heavy (non-hydrogen) atoms. The molecule has 1 rings (SSSR count). The monoisotopic (exact) mass is 339 g/mol. The normalized spacial score (nSPS) is 14.6. The van der Waals surface area contributed by atoms with Gasteiger partial charge in [0.15, 0.2) is 0 Å². The molecule has 1 N–H and O–H groups in total. The molecule has 96 valence electrons. The average Bonchev–Trinajstić information content (AvgIpc) is 2.15. The van der Waals surface area contributed by atoms with Crippen molar-refractivity contribution in [1.82, 2.24) is 4.72 Å². The number of alkyl halides is 1. The summed E-state index contributed by atoms with van der Waals surface area (Å²) in [6.07, 6.45) is 0. The SMILES string of the molecule is CC(Br)C(C)(C)NS(=O)(=O)c1cccc(Cl)c1. The molecule has 6 heteroatoms. The van der Waals surface area contributed by atoms with Gasteiger partial charge in [-0.05, 0) is 32.0 Å². The summed E-state index contributed by atoms with van der Waals surface area (Å²) in [5, 5.41) is 0.401. The molecule has 1 unspecified atom stereocenters. The summed E-state index contributed by atoms with van der Waals surface area (Å²) in [4.78, 5) is 0.176. The van der Waals surface area contributed by atoms with Crippen molar-refractivity contribution in [3.63, 3.8) is 0 Å². The maximum atomic E-state index is 12.1. The highest BCUT2D eigenvalue weighted by atomic mass is 79.9. The van der Waals surface area contributed by atoms with Crippen molar-refractivity contribution in [3.05, 3.63) is 29.3 Å². The number of rotatable bonds is 4. The van der Waals surface area contributed by atoms with E-state index in [9.17, 15) is 8.42 Å². The van der Waals surface area contributed by atoms with E-state index in [1.165, 1.54) is 12.1 Å². The Bertz CT molecular complexity index is 500. The topological polar surface area (TPSA) is 46.2 Å². The summed E-state index contributed by atoms with van der Waals surface area (Å²) in [5.41, 5.74) is -0.582. The van der Waals surface area contributed by atoms with Gasteiger partial charge in [0.1, 0.15) is 0 Å². The maximum Gasteiger partial charge on any atom is 0.241 e. The molecule has 0 radical (unpaired) electrons. The quantitative estimate of drug-likeness (QED) is 0.856. The van der Waals surface area contributed by atoms with Crippen molar-refractivity contribution < 1.29 is 8.42 Å². The van der Waals surface area contributed by atoms with Crippen LogP contribution in [-0.4, -0.2) is 18.8 Å². The molecule has 1 atom stereocenters. The van der Waals surface area contributed by atoms with Gasteiger partial charge in [0.25, 0.3) is 0 Å². The van der Waals surface area contributed by atoms with Gasteiger partial charge in [0.2, 0.25) is 10.0 Å². The predicted molar refractivity (Wildman–Crippen MR) is 74.2 cm³/mol. The maximum absolute atomic E-state index is 12.1. The minimum atomic E-state index is -3.55. The Morgan fingerprint density at radius 2 is 2.00 bits per heavy atom. The fourth-order valence-electron chi connectivity index (χ4n) is 1.12. The molecule has 0 saturated carbocycles. The van der Waals surface area contributed by atoms with Crippen LogP contribution in [0.15, 0.2) is 29.2 Å². The van der Waals surface area contributed by atoms with Crippen LogP contribution in [0.1, 0.15) is 20.8 Å². The van der Waals surface area contributed by atoms with Gasteiger partial charge < -0.3 is 0 Å². The summed E-state index contributed by atoms with van der Waals surface area (Å²) < 4.78 is 26.9. The molecule has 1 aromatic rings. The predicted octanol–water partition coefficient (Wildman–Crippen LogP) is 3.18. The molecule has 0 aliphatic heterocycles. The molecule has 1 aromatic carbocycles. The van der Waals surface area contributed by atoms with Crippen LogP contribution in [0.4, 0.5) is 0 Å². The lowest BCUT2D eigenvalue weighted by atomic mass is 10.0. The van der Waals surface area contributed by atoms with E-state index in [2.05, 4.69) is 20.7 Å². The zero-order valence-corrected chi connectivity index (χ0v) is 13.0. The highest BCUT2D eigenvalue weighted by Crippen LogP contribution is 2.21. The van der Waals surface area contributed by atoms with Gasteiger partial charge >= 0.3 is 0 Å². The standard InChI is InChI=1S/C11H15BrClNO2S/c1-8(12)11(2,3)14-17(15,16)10-6-4-5-9(13)7-10/h4-8,14H,1-3H3. The van der Waals surface area contributed by atoms with E-state index in [1.807, 2.05) is 20.8 Å². The van der Waals surface area contributed by atoms with E-state index >= 15 is 0 Å². The van der Waals surface area contributed by atoms with Crippen molar-refractivity contribution in [3.8, 4) is 0 Å². The number of hydrogen-bond donors (Lipinski definition) is 1. The summed E-state index contributed by atoms with van der Waals surface area (Å²) in [6, 6.07) is 6.20. The van der Waals surface area contributed by atoms with Crippen molar-refractivity contribution in [2.75, 3.05) is 0 Å². The van der Waals surface area contributed by atoms with Crippen LogP contribution in [0.25, 0.3) is 0 Å². The second-order valence-electron chi connectivity index (χ2n) is 4.40. The third kappa shape index (κ3) is 3.95. The number of nitrogens with one attached hydrogen (secondary N) is 1. The van der Waals surface area contributed by atoms with Gasteiger partial charge in [0.05, 0.1) is 4.90 Å². The number of hydrogen-bond acceptors (Lipinski definition) is 2. The first-order valence-corrected chi connectivity index (χ1v) is 7.86. The van der Waals surface area contributed by atoms with Gasteiger partial charge in [-0.1, -0.05) is 40.5 Å². The lowest BCUT2D eigenvalue weighted by Gasteiger charge is -2.28. The Morgan fingerprint density at radius 1 is 1.41 bits per heavy atom. The highest BCUT2D eigenvalue weighted by Gasteiger charge is 2.30. The minimum absolute atomic E-state index is 0.00367. The molecule has 0 fully saturated rings. The van der Waals surface area contributed by atoms with Crippen molar-refractivity contribution in [2.45, 2.75) is 36.0 Å². The number of halogens is 2. The second kappa shape index (κ2) is 5.26. The highest BCUT2D eigenvalue weighted by molar-refractivity contribution is 9.09. The Morgan fingerprint density at radius 3 is 2.47 bits per heavy atom. The van der Waals surface area contributed by atoms with E-state index in [0.717, 1.165) is 0 Å². The molecule has 3 nitrogen and oxygen atoms in total. The molecular weight excluding hydrogens is 326 g/mol. The Labute approximate surface area is 116 Å². The summed E-state index contributed by atoms with van der Waals surface area (Å²) >= 11 is 9.17. The van der Waals surface area contributed by atoms with Gasteiger partial charge in [-0.2, -0.15) is 0 Å². The third-order valence-corrected chi connectivity index (χ3v) is 5.55. The first kappa shape index (κ1) is 15.0. The second-order valence-corrected chi connectivity index (χ2v) is 7.89. The van der Waals surface area contributed by atoms with Crippen LogP contribution >= 0.6 is 27.5 Å². The van der Waals surface area contributed by atoms with Crippen LogP contribution in [0.5, 0.6) is 0 Å². The molecule has 0 amide bonds. The summed E-state index contributed by atoms with van der Waals surface area (Å²) in [7, 11) is -3.55. The third-order valence-electron chi connectivity index (χ3n) is 2.50. The Balaban J connectivity index is 3.06. The van der Waals surface area contributed by atoms with E-state index in [1.54, 1.807) is 12.1 Å². The molecule has 0 saturated heterocycles. The molecule has 0 heterocycles. The van der Waals surface area contributed by atoms with E-state index < -0.39 is 15.6 Å². The Kier molecular flexibility index (Phi) is 4.63. The zero-order chi connectivity index (χ0) is 13.3. The van der Waals surface area contributed by atoms with Crippen molar-refractivity contribution >= 4 is 37.6 Å². The first-order chi connectivity index (χ1) is 7.65. The van der Waals surface area contributed by atoms with Crippen molar-refractivity contribution in [1.29, 1.82) is 0 Å². The van der Waals surface area contributed by atoms with Gasteiger partial charge in [-0.25, -0.2) is 13.1 Å². The van der Waals surface area contributed by atoms with Crippen LogP contribution in [0.2, 0.25) is 5.02 Å². The van der Waals surface area contributed by atoms with E-state index in [0.29, 0.717) is 5.02 Å². The fourth-order valence-corrected chi connectivity index (χ4v) is 3.17. The number of sulfonamides is 1. The lowest BCUT2D eigenvalue weighted by molar-refractivity contribution is 0.454. The van der Waals surface area contributed by atoms with E-state index in [-0.39, 0.29) is 9.72 Å². The molecule has 0 spiro atoms. The lowest BCUT2D eigenvalue weighted by Crippen LogP contribution is -2.48. The van der Waals surface area contributed by atoms with Crippen LogP contribution < -0.4 is 4.72 Å². The minimum Gasteiger partial charge on any atom is -0.207 e.